The molecular formula is C12H12Br2N2O2. The summed E-state index contributed by atoms with van der Waals surface area (Å²) in [5.74, 6) is -0.352. The minimum atomic E-state index is -0.647. The van der Waals surface area contributed by atoms with Gasteiger partial charge in [-0.3, -0.25) is 4.79 Å². The van der Waals surface area contributed by atoms with Crippen molar-refractivity contribution < 1.29 is 9.53 Å². The lowest BCUT2D eigenvalue weighted by atomic mass is 10.1. The number of ether oxygens (including phenoxy) is 1. The topological polar surface area (TPSA) is 62.1 Å². The number of rotatable bonds is 4. The van der Waals surface area contributed by atoms with E-state index < -0.39 is 5.92 Å². The maximum Gasteiger partial charge on any atom is 0.241 e. The number of amides is 1. The Bertz CT molecular complexity index is 498. The lowest BCUT2D eigenvalue weighted by Crippen LogP contribution is -2.21. The molecular weight excluding hydrogens is 364 g/mol. The quantitative estimate of drug-likeness (QED) is 0.872. The number of hydrogen-bond acceptors (Lipinski definition) is 3. The van der Waals surface area contributed by atoms with E-state index in [1.54, 1.807) is 26.2 Å². The first-order valence-electron chi connectivity index (χ1n) is 5.27. The van der Waals surface area contributed by atoms with Gasteiger partial charge in [-0.05, 0) is 44.3 Å². The molecule has 0 aliphatic carbocycles. The van der Waals surface area contributed by atoms with Crippen molar-refractivity contribution in [2.75, 3.05) is 12.4 Å². The van der Waals surface area contributed by atoms with Gasteiger partial charge in [-0.25, -0.2) is 0 Å². The molecule has 1 unspecified atom stereocenters. The van der Waals surface area contributed by atoms with Crippen LogP contribution in [0.3, 0.4) is 0 Å². The highest BCUT2D eigenvalue weighted by molar-refractivity contribution is 9.11. The first-order valence-corrected chi connectivity index (χ1v) is 6.85. The molecule has 0 heterocycles. The van der Waals surface area contributed by atoms with Crippen molar-refractivity contribution in [1.82, 2.24) is 0 Å². The average Bonchev–Trinajstić information content (AvgIpc) is 2.34. The van der Waals surface area contributed by atoms with Gasteiger partial charge >= 0.3 is 0 Å². The Hall–Kier alpha value is -1.06. The molecule has 1 amide bonds. The molecule has 0 bridgehead atoms. The number of methoxy groups -OCH3 is 1. The first kappa shape index (κ1) is 15.0. The summed E-state index contributed by atoms with van der Waals surface area (Å²) in [7, 11) is 1.55. The fourth-order valence-corrected chi connectivity index (χ4v) is 2.59. The highest BCUT2D eigenvalue weighted by Gasteiger charge is 2.17. The average molecular weight is 376 g/mol. The molecule has 0 aliphatic rings. The van der Waals surface area contributed by atoms with Crippen LogP contribution in [0.5, 0.6) is 5.75 Å². The van der Waals surface area contributed by atoms with E-state index >= 15 is 0 Å². The maximum absolute atomic E-state index is 11.8. The van der Waals surface area contributed by atoms with Gasteiger partial charge < -0.3 is 10.1 Å². The van der Waals surface area contributed by atoms with E-state index in [1.807, 2.05) is 6.07 Å². The molecule has 1 rings (SSSR count). The molecule has 0 spiro atoms. The van der Waals surface area contributed by atoms with E-state index in [1.165, 1.54) is 0 Å². The molecule has 0 aliphatic heterocycles. The van der Waals surface area contributed by atoms with E-state index in [0.717, 1.165) is 8.95 Å². The summed E-state index contributed by atoms with van der Waals surface area (Å²) in [6.45, 7) is 1.80. The number of benzene rings is 1. The van der Waals surface area contributed by atoms with Crippen molar-refractivity contribution in [3.63, 3.8) is 0 Å². The number of anilines is 1. The molecule has 6 heteroatoms. The number of halogens is 2. The zero-order valence-corrected chi connectivity index (χ0v) is 13.1. The van der Waals surface area contributed by atoms with E-state index in [0.29, 0.717) is 17.9 Å². The lowest BCUT2D eigenvalue weighted by Gasteiger charge is -2.12. The second-order valence-electron chi connectivity index (χ2n) is 3.55. The van der Waals surface area contributed by atoms with Crippen molar-refractivity contribution >= 4 is 43.5 Å². The molecule has 0 saturated carbocycles. The van der Waals surface area contributed by atoms with Gasteiger partial charge in [0, 0.05) is 10.5 Å². The lowest BCUT2D eigenvalue weighted by molar-refractivity contribution is -0.118. The van der Waals surface area contributed by atoms with Crippen LogP contribution in [0.1, 0.15) is 13.3 Å². The predicted molar refractivity (Wildman–Crippen MR) is 76.4 cm³/mol. The SMILES string of the molecule is CCC(C#N)C(=O)Nc1cc(OC)c(Br)cc1Br. The van der Waals surface area contributed by atoms with Gasteiger partial charge in [0.25, 0.3) is 0 Å². The molecule has 4 nitrogen and oxygen atoms in total. The second-order valence-corrected chi connectivity index (χ2v) is 5.25. The smallest absolute Gasteiger partial charge is 0.241 e. The Kier molecular flexibility index (Phi) is 5.63. The Morgan fingerprint density at radius 3 is 2.67 bits per heavy atom. The largest absolute Gasteiger partial charge is 0.495 e. The third-order valence-corrected chi connectivity index (χ3v) is 3.66. The number of nitrogens with one attached hydrogen (secondary N) is 1. The van der Waals surface area contributed by atoms with Gasteiger partial charge in [-0.2, -0.15) is 5.26 Å². The number of nitriles is 1. The Balaban J connectivity index is 2.98. The highest BCUT2D eigenvalue weighted by atomic mass is 79.9. The van der Waals surface area contributed by atoms with Crippen LogP contribution in [0.25, 0.3) is 0 Å². The number of carbonyl (C=O) groups is 1. The van der Waals surface area contributed by atoms with Crippen LogP contribution in [-0.2, 0) is 4.79 Å². The van der Waals surface area contributed by atoms with E-state index in [-0.39, 0.29) is 5.91 Å². The normalized spacial score (nSPS) is 11.5. The number of hydrogen-bond donors (Lipinski definition) is 1. The molecule has 0 aromatic heterocycles. The minimum absolute atomic E-state index is 0.315. The summed E-state index contributed by atoms with van der Waals surface area (Å²) >= 11 is 6.69. The molecule has 0 saturated heterocycles. The molecule has 1 aromatic rings. The predicted octanol–water partition coefficient (Wildman–Crippen LogP) is 3.71. The van der Waals surface area contributed by atoms with Gasteiger partial charge in [0.15, 0.2) is 0 Å². The van der Waals surface area contributed by atoms with Crippen LogP contribution < -0.4 is 10.1 Å². The van der Waals surface area contributed by atoms with Gasteiger partial charge in [0.2, 0.25) is 5.91 Å². The molecule has 1 N–H and O–H groups in total. The van der Waals surface area contributed by atoms with Crippen LogP contribution in [-0.4, -0.2) is 13.0 Å². The third kappa shape index (κ3) is 3.47. The zero-order chi connectivity index (χ0) is 13.7. The van der Waals surface area contributed by atoms with Gasteiger partial charge in [-0.15, -0.1) is 0 Å². The van der Waals surface area contributed by atoms with Crippen molar-refractivity contribution in [2.45, 2.75) is 13.3 Å². The molecule has 0 fully saturated rings. The maximum atomic E-state index is 11.8. The third-order valence-electron chi connectivity index (χ3n) is 2.38. The first-order chi connectivity index (χ1) is 8.53. The van der Waals surface area contributed by atoms with Crippen molar-refractivity contribution in [3.8, 4) is 11.8 Å². The summed E-state index contributed by atoms with van der Waals surface area (Å²) in [5, 5.41) is 11.5. The van der Waals surface area contributed by atoms with E-state index in [2.05, 4.69) is 37.2 Å². The fraction of sp³-hybridized carbons (Fsp3) is 0.333. The molecule has 18 heavy (non-hydrogen) atoms. The fourth-order valence-electron chi connectivity index (χ4n) is 1.34. The monoisotopic (exact) mass is 374 g/mol. The summed E-state index contributed by atoms with van der Waals surface area (Å²) in [4.78, 5) is 11.8. The van der Waals surface area contributed by atoms with Crippen molar-refractivity contribution in [1.29, 1.82) is 5.26 Å². The Morgan fingerprint density at radius 2 is 2.17 bits per heavy atom. The summed E-state index contributed by atoms with van der Waals surface area (Å²) in [6, 6.07) is 5.43. The minimum Gasteiger partial charge on any atom is -0.495 e. The van der Waals surface area contributed by atoms with Crippen LogP contribution in [0.15, 0.2) is 21.1 Å². The molecule has 1 aromatic carbocycles. The number of carbonyl (C=O) groups excluding carboxylic acids is 1. The Morgan fingerprint density at radius 1 is 1.50 bits per heavy atom. The highest BCUT2D eigenvalue weighted by Crippen LogP contribution is 2.34. The van der Waals surface area contributed by atoms with Crippen LogP contribution in [0.4, 0.5) is 5.69 Å². The molecule has 96 valence electrons. The van der Waals surface area contributed by atoms with Crippen LogP contribution >= 0.6 is 31.9 Å². The molecule has 1 atom stereocenters. The standard InChI is InChI=1S/C12H12Br2N2O2/c1-3-7(6-15)12(17)16-10-5-11(18-2)9(14)4-8(10)13/h4-5,7H,3H2,1-2H3,(H,16,17). The zero-order valence-electron chi connectivity index (χ0n) is 9.96. The van der Waals surface area contributed by atoms with Gasteiger partial charge in [0.05, 0.1) is 23.3 Å². The summed E-state index contributed by atoms with van der Waals surface area (Å²) in [5.41, 5.74) is 0.578. The van der Waals surface area contributed by atoms with Crippen LogP contribution in [0.2, 0.25) is 0 Å². The van der Waals surface area contributed by atoms with E-state index in [4.69, 9.17) is 10.00 Å². The van der Waals surface area contributed by atoms with Crippen molar-refractivity contribution in [3.05, 3.63) is 21.1 Å². The second kappa shape index (κ2) is 6.76. The summed E-state index contributed by atoms with van der Waals surface area (Å²) in [6.07, 6.45) is 0.480. The molecule has 0 radical (unpaired) electrons. The van der Waals surface area contributed by atoms with Gasteiger partial charge in [0.1, 0.15) is 11.7 Å². The van der Waals surface area contributed by atoms with E-state index in [9.17, 15) is 4.79 Å². The number of nitrogens with zero attached hydrogens (tertiary/aromatic N) is 1. The van der Waals surface area contributed by atoms with Gasteiger partial charge in [-0.1, -0.05) is 6.92 Å². The van der Waals surface area contributed by atoms with Crippen molar-refractivity contribution in [2.24, 2.45) is 5.92 Å². The summed E-state index contributed by atoms with van der Waals surface area (Å²) < 4.78 is 6.65. The Labute approximate surface area is 123 Å². The van der Waals surface area contributed by atoms with Crippen LogP contribution in [0, 0.1) is 17.2 Å².